The molecule has 1 fully saturated rings. The van der Waals surface area contributed by atoms with Crippen LogP contribution in [0.25, 0.3) is 5.52 Å². The van der Waals surface area contributed by atoms with Crippen molar-refractivity contribution in [3.63, 3.8) is 0 Å². The van der Waals surface area contributed by atoms with Crippen molar-refractivity contribution in [3.05, 3.63) is 24.7 Å². The van der Waals surface area contributed by atoms with Gasteiger partial charge in [0.05, 0.1) is 6.20 Å². The zero-order valence-electron chi connectivity index (χ0n) is 8.72. The summed E-state index contributed by atoms with van der Waals surface area (Å²) in [6, 6.07) is 2.60. The van der Waals surface area contributed by atoms with E-state index in [0.717, 1.165) is 17.3 Å². The lowest BCUT2D eigenvalue weighted by molar-refractivity contribution is 0.773. The first kappa shape index (κ1) is 8.71. The molecule has 0 amide bonds. The molecule has 2 atom stereocenters. The molecule has 3 rings (SSSR count). The molecular weight excluding hydrogens is 188 g/mol. The fourth-order valence-electron chi connectivity index (χ4n) is 2.02. The van der Waals surface area contributed by atoms with E-state index in [2.05, 4.69) is 22.3 Å². The number of nitrogens with zero attached hydrogens (tertiary/aromatic N) is 3. The van der Waals surface area contributed by atoms with Crippen molar-refractivity contribution < 1.29 is 0 Å². The van der Waals surface area contributed by atoms with Crippen LogP contribution in [-0.2, 0) is 0 Å². The number of hydrogen-bond acceptors (Lipinski definition) is 3. The van der Waals surface area contributed by atoms with Gasteiger partial charge in [0.1, 0.15) is 5.52 Å². The lowest BCUT2D eigenvalue weighted by Crippen LogP contribution is -2.07. The summed E-state index contributed by atoms with van der Waals surface area (Å²) in [6.07, 6.45) is 7.97. The average Bonchev–Trinajstić information content (AvgIpc) is 2.83. The van der Waals surface area contributed by atoms with Gasteiger partial charge in [-0.1, -0.05) is 13.3 Å². The van der Waals surface area contributed by atoms with Crippen molar-refractivity contribution in [1.82, 2.24) is 14.6 Å². The van der Waals surface area contributed by atoms with E-state index in [1.165, 1.54) is 12.8 Å². The maximum Gasteiger partial charge on any atom is 0.152 e. The third-order valence-corrected chi connectivity index (χ3v) is 3.09. The Hall–Kier alpha value is -1.58. The van der Waals surface area contributed by atoms with E-state index in [-0.39, 0.29) is 0 Å². The summed E-state index contributed by atoms with van der Waals surface area (Å²) in [5.74, 6) is 1.78. The molecule has 1 saturated carbocycles. The van der Waals surface area contributed by atoms with Gasteiger partial charge in [-0.2, -0.15) is 5.10 Å². The van der Waals surface area contributed by atoms with Gasteiger partial charge >= 0.3 is 0 Å². The number of aromatic nitrogens is 3. The van der Waals surface area contributed by atoms with Crippen molar-refractivity contribution in [1.29, 1.82) is 0 Å². The van der Waals surface area contributed by atoms with Crippen LogP contribution in [0, 0.1) is 5.92 Å². The van der Waals surface area contributed by atoms with Crippen LogP contribution >= 0.6 is 0 Å². The molecule has 0 aromatic carbocycles. The Balaban J connectivity index is 1.88. The molecule has 0 aliphatic heterocycles. The molecule has 15 heavy (non-hydrogen) atoms. The predicted molar refractivity (Wildman–Crippen MR) is 58.8 cm³/mol. The van der Waals surface area contributed by atoms with Gasteiger partial charge in [-0.25, -0.2) is 9.50 Å². The lowest BCUT2D eigenvalue weighted by Gasteiger charge is -2.05. The first-order valence-electron chi connectivity index (χ1n) is 5.43. The molecule has 2 heterocycles. The molecule has 0 bridgehead atoms. The third kappa shape index (κ3) is 1.46. The molecule has 1 aliphatic carbocycles. The van der Waals surface area contributed by atoms with Crippen LogP contribution in [0.4, 0.5) is 5.82 Å². The van der Waals surface area contributed by atoms with Crippen LogP contribution in [0.5, 0.6) is 0 Å². The van der Waals surface area contributed by atoms with Crippen LogP contribution < -0.4 is 5.32 Å². The number of fused-ring (bicyclic) bond motifs is 1. The average molecular weight is 202 g/mol. The molecule has 4 nitrogen and oxygen atoms in total. The Bertz CT molecular complexity index is 476. The fourth-order valence-corrected chi connectivity index (χ4v) is 2.02. The van der Waals surface area contributed by atoms with E-state index in [9.17, 15) is 0 Å². The van der Waals surface area contributed by atoms with E-state index in [1.54, 1.807) is 12.4 Å². The number of hydrogen-bond donors (Lipinski definition) is 1. The first-order chi connectivity index (χ1) is 7.38. The van der Waals surface area contributed by atoms with Gasteiger partial charge in [-0.15, -0.1) is 0 Å². The maximum atomic E-state index is 4.36. The van der Waals surface area contributed by atoms with E-state index >= 15 is 0 Å². The molecule has 1 aliphatic rings. The van der Waals surface area contributed by atoms with E-state index in [1.807, 2.05) is 16.8 Å². The number of rotatable bonds is 3. The lowest BCUT2D eigenvalue weighted by atomic mass is 10.3. The monoisotopic (exact) mass is 202 g/mol. The van der Waals surface area contributed by atoms with Crippen molar-refractivity contribution >= 4 is 11.3 Å². The minimum atomic E-state index is 0.614. The van der Waals surface area contributed by atoms with Crippen molar-refractivity contribution in [3.8, 4) is 0 Å². The largest absolute Gasteiger partial charge is 0.365 e. The molecule has 78 valence electrons. The molecular formula is C11H14N4. The number of anilines is 1. The van der Waals surface area contributed by atoms with Gasteiger partial charge in [-0.3, -0.25) is 0 Å². The van der Waals surface area contributed by atoms with Crippen LogP contribution in [0.15, 0.2) is 24.7 Å². The summed E-state index contributed by atoms with van der Waals surface area (Å²) in [5.41, 5.74) is 1.05. The Kier molecular flexibility index (Phi) is 1.87. The topological polar surface area (TPSA) is 42.2 Å². The van der Waals surface area contributed by atoms with Crippen LogP contribution in [0.3, 0.4) is 0 Å². The SMILES string of the molecule is CCC1CC1Nc1nccn2nccc12. The van der Waals surface area contributed by atoms with Gasteiger partial charge in [0.25, 0.3) is 0 Å². The molecule has 4 heteroatoms. The second kappa shape index (κ2) is 3.22. The Morgan fingerprint density at radius 1 is 1.53 bits per heavy atom. The van der Waals surface area contributed by atoms with Crippen molar-refractivity contribution in [2.75, 3.05) is 5.32 Å². The van der Waals surface area contributed by atoms with Crippen molar-refractivity contribution in [2.24, 2.45) is 5.92 Å². The summed E-state index contributed by atoms with van der Waals surface area (Å²) in [7, 11) is 0. The highest BCUT2D eigenvalue weighted by molar-refractivity contribution is 5.67. The molecule has 2 aromatic heterocycles. The maximum absolute atomic E-state index is 4.36. The van der Waals surface area contributed by atoms with E-state index in [0.29, 0.717) is 6.04 Å². The molecule has 2 aromatic rings. The first-order valence-corrected chi connectivity index (χ1v) is 5.43. The molecule has 0 saturated heterocycles. The molecule has 1 N–H and O–H groups in total. The fraction of sp³-hybridized carbons (Fsp3) is 0.455. The minimum absolute atomic E-state index is 0.614. The van der Waals surface area contributed by atoms with Gasteiger partial charge in [0, 0.05) is 18.4 Å². The summed E-state index contributed by atoms with van der Waals surface area (Å²) in [5, 5.41) is 7.66. The standard InChI is InChI=1S/C11H14N4/c1-2-8-7-9(8)14-11-10-3-4-13-15(10)6-5-12-11/h3-6,8-9H,2,7H2,1H3,(H,12,14). The van der Waals surface area contributed by atoms with Gasteiger partial charge in [-0.05, 0) is 18.4 Å². The second-order valence-corrected chi connectivity index (χ2v) is 4.09. The Labute approximate surface area is 88.3 Å². The van der Waals surface area contributed by atoms with E-state index in [4.69, 9.17) is 0 Å². The highest BCUT2D eigenvalue weighted by Gasteiger charge is 2.35. The van der Waals surface area contributed by atoms with E-state index < -0.39 is 0 Å². The molecule has 2 unspecified atom stereocenters. The third-order valence-electron chi connectivity index (χ3n) is 3.09. The predicted octanol–water partition coefficient (Wildman–Crippen LogP) is 1.94. The van der Waals surface area contributed by atoms with Gasteiger partial charge < -0.3 is 5.32 Å². The molecule has 0 radical (unpaired) electrons. The van der Waals surface area contributed by atoms with Crippen LogP contribution in [0.1, 0.15) is 19.8 Å². The van der Waals surface area contributed by atoms with Gasteiger partial charge in [0.2, 0.25) is 0 Å². The van der Waals surface area contributed by atoms with Crippen LogP contribution in [-0.4, -0.2) is 20.6 Å². The quantitative estimate of drug-likeness (QED) is 0.827. The van der Waals surface area contributed by atoms with Crippen molar-refractivity contribution in [2.45, 2.75) is 25.8 Å². The zero-order chi connectivity index (χ0) is 10.3. The Morgan fingerprint density at radius 3 is 3.27 bits per heavy atom. The summed E-state index contributed by atoms with van der Waals surface area (Å²) >= 11 is 0. The highest BCUT2D eigenvalue weighted by Crippen LogP contribution is 2.36. The Morgan fingerprint density at radius 2 is 2.47 bits per heavy atom. The zero-order valence-corrected chi connectivity index (χ0v) is 8.72. The number of nitrogens with one attached hydrogen (secondary N) is 1. The molecule has 0 spiro atoms. The minimum Gasteiger partial charge on any atom is -0.365 e. The summed E-state index contributed by atoms with van der Waals surface area (Å²) in [6.45, 7) is 2.24. The van der Waals surface area contributed by atoms with Gasteiger partial charge in [0.15, 0.2) is 5.82 Å². The summed E-state index contributed by atoms with van der Waals surface area (Å²) < 4.78 is 1.85. The smallest absolute Gasteiger partial charge is 0.152 e. The normalized spacial score (nSPS) is 24.3. The highest BCUT2D eigenvalue weighted by atomic mass is 15.2. The second-order valence-electron chi connectivity index (χ2n) is 4.09. The summed E-state index contributed by atoms with van der Waals surface area (Å²) in [4.78, 5) is 4.36. The van der Waals surface area contributed by atoms with Crippen LogP contribution in [0.2, 0.25) is 0 Å².